The molecule has 0 heterocycles. The van der Waals surface area contributed by atoms with Crippen LogP contribution in [-0.4, -0.2) is 11.6 Å². The maximum atomic E-state index is 11.9. The first-order valence-corrected chi connectivity index (χ1v) is 6.83. The summed E-state index contributed by atoms with van der Waals surface area (Å²) in [5.74, 6) is 1.03. The van der Waals surface area contributed by atoms with Crippen LogP contribution in [0, 0.1) is 11.8 Å². The molecule has 1 saturated carbocycles. The molecule has 3 rings (SSSR count). The average molecular weight is 305 g/mol. The highest BCUT2D eigenvalue weighted by atomic mass is 79.9. The number of rotatable bonds is 2. The topological polar surface area (TPSA) is 41.5 Å². The van der Waals surface area contributed by atoms with Gasteiger partial charge in [-0.2, -0.15) is 5.10 Å². The van der Waals surface area contributed by atoms with Gasteiger partial charge in [-0.25, -0.2) is 5.43 Å². The molecule has 1 amide bonds. The first-order chi connectivity index (χ1) is 8.75. The fraction of sp³-hybridized carbons (Fsp3) is 0.286. The molecule has 4 heteroatoms. The Morgan fingerprint density at radius 3 is 3.00 bits per heavy atom. The fourth-order valence-electron chi connectivity index (χ4n) is 2.49. The van der Waals surface area contributed by atoms with Gasteiger partial charge < -0.3 is 0 Å². The highest BCUT2D eigenvalue weighted by Gasteiger charge is 2.38. The average Bonchev–Trinajstić information content (AvgIpc) is 2.71. The quantitative estimate of drug-likeness (QED) is 0.662. The molecule has 2 atom stereocenters. The predicted molar refractivity (Wildman–Crippen MR) is 74.4 cm³/mol. The normalized spacial score (nSPS) is 26.8. The molecule has 1 aromatic carbocycles. The van der Waals surface area contributed by atoms with Gasteiger partial charge in [0.15, 0.2) is 0 Å². The number of hydrogen-bond donors (Lipinski definition) is 1. The summed E-state index contributed by atoms with van der Waals surface area (Å²) in [6, 6.07) is 7.35. The van der Waals surface area contributed by atoms with Gasteiger partial charge in [0.1, 0.15) is 0 Å². The second-order valence-electron chi connectivity index (χ2n) is 4.66. The number of halogens is 1. The minimum absolute atomic E-state index is 0.163. The number of carbonyl (C=O) groups is 1. The molecule has 0 spiro atoms. The number of hydrazone groups is 1. The van der Waals surface area contributed by atoms with Crippen LogP contribution in [0.5, 0.6) is 0 Å². The van der Waals surface area contributed by atoms with Crippen LogP contribution in [0.2, 0.25) is 0 Å². The molecule has 1 fully saturated rings. The third-order valence-corrected chi connectivity index (χ3v) is 4.27. The number of nitrogens with one attached hydrogen (secondary N) is 1. The summed E-state index contributed by atoms with van der Waals surface area (Å²) in [4.78, 5) is 11.9. The summed E-state index contributed by atoms with van der Waals surface area (Å²) in [7, 11) is 0. The molecule has 18 heavy (non-hydrogen) atoms. The van der Waals surface area contributed by atoms with Crippen molar-refractivity contribution in [2.45, 2.75) is 12.8 Å². The largest absolute Gasteiger partial charge is 0.272 e. The van der Waals surface area contributed by atoms with Gasteiger partial charge in [-0.15, -0.1) is 0 Å². The Bertz CT molecular complexity index is 550. The van der Waals surface area contributed by atoms with Gasteiger partial charge in [-0.1, -0.05) is 24.3 Å². The molecular formula is C14H13BrN2O. The van der Waals surface area contributed by atoms with Crippen LogP contribution in [0.25, 0.3) is 0 Å². The molecule has 0 radical (unpaired) electrons. The van der Waals surface area contributed by atoms with E-state index in [9.17, 15) is 4.79 Å². The number of benzene rings is 1. The summed E-state index contributed by atoms with van der Waals surface area (Å²) in [6.45, 7) is 0. The minimum atomic E-state index is -0.163. The van der Waals surface area contributed by atoms with Crippen LogP contribution in [0.3, 0.4) is 0 Å². The lowest BCUT2D eigenvalue weighted by Gasteiger charge is -2.31. The van der Waals surface area contributed by atoms with Gasteiger partial charge in [0.25, 0.3) is 5.91 Å². The molecule has 0 bridgehead atoms. The molecule has 2 aliphatic carbocycles. The van der Waals surface area contributed by atoms with Crippen molar-refractivity contribution in [3.8, 4) is 0 Å². The summed E-state index contributed by atoms with van der Waals surface area (Å²) < 4.78 is 0.789. The van der Waals surface area contributed by atoms with Crippen molar-refractivity contribution in [3.05, 3.63) is 46.5 Å². The van der Waals surface area contributed by atoms with Crippen molar-refractivity contribution in [1.82, 2.24) is 5.43 Å². The van der Waals surface area contributed by atoms with E-state index in [4.69, 9.17) is 0 Å². The monoisotopic (exact) mass is 304 g/mol. The van der Waals surface area contributed by atoms with Crippen LogP contribution in [0.1, 0.15) is 23.2 Å². The van der Waals surface area contributed by atoms with Crippen molar-refractivity contribution < 1.29 is 4.79 Å². The minimum Gasteiger partial charge on any atom is -0.267 e. The van der Waals surface area contributed by atoms with E-state index < -0.39 is 0 Å². The number of amides is 1. The Labute approximate surface area is 114 Å². The molecule has 1 N–H and O–H groups in total. The smallest absolute Gasteiger partial charge is 0.267 e. The van der Waals surface area contributed by atoms with Crippen molar-refractivity contribution >= 4 is 27.5 Å². The number of hydrogen-bond acceptors (Lipinski definition) is 2. The second kappa shape index (κ2) is 4.69. The molecule has 0 aromatic heterocycles. The van der Waals surface area contributed by atoms with Crippen molar-refractivity contribution in [2.75, 3.05) is 0 Å². The lowest BCUT2D eigenvalue weighted by atomic mass is 9.74. The van der Waals surface area contributed by atoms with E-state index in [-0.39, 0.29) is 5.91 Å². The Balaban J connectivity index is 1.66. The fourth-order valence-corrected chi connectivity index (χ4v) is 2.96. The Hall–Kier alpha value is -1.42. The number of nitrogens with zero attached hydrogens (tertiary/aromatic N) is 1. The molecule has 0 unspecified atom stereocenters. The number of allylic oxidation sites excluding steroid dienone is 2. The molecule has 0 saturated heterocycles. The zero-order valence-electron chi connectivity index (χ0n) is 9.77. The summed E-state index contributed by atoms with van der Waals surface area (Å²) in [6.07, 6.45) is 6.50. The van der Waals surface area contributed by atoms with E-state index in [2.05, 4.69) is 38.6 Å². The first kappa shape index (κ1) is 11.7. The van der Waals surface area contributed by atoms with Crippen molar-refractivity contribution in [2.24, 2.45) is 16.9 Å². The van der Waals surface area contributed by atoms with E-state index in [1.165, 1.54) is 0 Å². The Morgan fingerprint density at radius 2 is 2.22 bits per heavy atom. The van der Waals surface area contributed by atoms with Crippen LogP contribution < -0.4 is 5.43 Å². The van der Waals surface area contributed by atoms with Gasteiger partial charge in [0.2, 0.25) is 0 Å². The van der Waals surface area contributed by atoms with Crippen LogP contribution in [0.15, 0.2) is 46.0 Å². The molecule has 1 aromatic rings. The van der Waals surface area contributed by atoms with E-state index in [1.54, 1.807) is 6.07 Å². The van der Waals surface area contributed by atoms with Crippen molar-refractivity contribution in [3.63, 3.8) is 0 Å². The van der Waals surface area contributed by atoms with Gasteiger partial charge in [0, 0.05) is 16.1 Å². The Kier molecular flexibility index (Phi) is 3.04. The summed E-state index contributed by atoms with van der Waals surface area (Å²) in [5, 5.41) is 4.25. The highest BCUT2D eigenvalue weighted by molar-refractivity contribution is 9.10. The predicted octanol–water partition coefficient (Wildman–Crippen LogP) is 3.13. The zero-order chi connectivity index (χ0) is 12.5. The second-order valence-corrected chi connectivity index (χ2v) is 5.52. The highest BCUT2D eigenvalue weighted by Crippen LogP contribution is 2.40. The van der Waals surface area contributed by atoms with E-state index in [0.29, 0.717) is 17.4 Å². The third kappa shape index (κ3) is 2.01. The number of carbonyl (C=O) groups excluding carboxylic acids is 1. The van der Waals surface area contributed by atoms with Crippen LogP contribution in [-0.2, 0) is 0 Å². The molecule has 0 aliphatic heterocycles. The first-order valence-electron chi connectivity index (χ1n) is 6.03. The van der Waals surface area contributed by atoms with Gasteiger partial charge in [-0.05, 0) is 46.8 Å². The standard InChI is InChI=1S/C14H13BrN2O/c15-12-7-2-1-5-11(12)14(18)17-16-13-8-9-4-3-6-10(9)13/h1-5,7,9-10H,6,8H2,(H,17,18)/b16-13-/t9-,10-/m0/s1. The molecule has 2 aliphatic rings. The summed E-state index contributed by atoms with van der Waals surface area (Å²) in [5.41, 5.74) is 4.37. The molecule has 92 valence electrons. The van der Waals surface area contributed by atoms with E-state index in [1.807, 2.05) is 18.2 Å². The Morgan fingerprint density at radius 1 is 1.39 bits per heavy atom. The van der Waals surface area contributed by atoms with Crippen LogP contribution in [0.4, 0.5) is 0 Å². The maximum absolute atomic E-state index is 11.9. The van der Waals surface area contributed by atoms with E-state index in [0.717, 1.165) is 23.0 Å². The lowest BCUT2D eigenvalue weighted by molar-refractivity contribution is 0.0953. The maximum Gasteiger partial charge on any atom is 0.272 e. The molecule has 3 nitrogen and oxygen atoms in total. The molecular weight excluding hydrogens is 292 g/mol. The number of fused-ring (bicyclic) bond motifs is 1. The third-order valence-electron chi connectivity index (χ3n) is 3.58. The van der Waals surface area contributed by atoms with Crippen molar-refractivity contribution in [1.29, 1.82) is 0 Å². The summed E-state index contributed by atoms with van der Waals surface area (Å²) >= 11 is 3.36. The SMILES string of the molecule is O=C(N/N=C1/C[C@@H]2C=CC[C@H]12)c1ccccc1Br. The van der Waals surface area contributed by atoms with Crippen LogP contribution >= 0.6 is 15.9 Å². The lowest BCUT2D eigenvalue weighted by Crippen LogP contribution is -2.35. The van der Waals surface area contributed by atoms with Gasteiger partial charge in [-0.3, -0.25) is 4.79 Å². The van der Waals surface area contributed by atoms with E-state index >= 15 is 0 Å². The van der Waals surface area contributed by atoms with Gasteiger partial charge >= 0.3 is 0 Å². The van der Waals surface area contributed by atoms with Gasteiger partial charge in [0.05, 0.1) is 5.56 Å². The zero-order valence-corrected chi connectivity index (χ0v) is 11.4.